The molecule has 0 saturated carbocycles. The number of anilines is 2. The van der Waals surface area contributed by atoms with Crippen LogP contribution < -0.4 is 16.0 Å². The van der Waals surface area contributed by atoms with Gasteiger partial charge in [0.1, 0.15) is 0 Å². The minimum atomic E-state index is -0.928. The van der Waals surface area contributed by atoms with Crippen molar-refractivity contribution in [3.05, 3.63) is 52.2 Å². The van der Waals surface area contributed by atoms with Crippen molar-refractivity contribution in [3.8, 4) is 0 Å². The van der Waals surface area contributed by atoms with Crippen LogP contribution in [0.4, 0.5) is 11.6 Å². The number of hydrogen-bond acceptors (Lipinski definition) is 6. The largest absolute Gasteiger partial charge is 0.388 e. The van der Waals surface area contributed by atoms with E-state index < -0.39 is 5.60 Å². The number of carbonyl (C=O) groups excluding carboxylic acids is 2. The molecule has 0 atom stereocenters. The first kappa shape index (κ1) is 21.5. The first-order valence-electron chi connectivity index (χ1n) is 9.80. The van der Waals surface area contributed by atoms with Crippen molar-refractivity contribution in [2.45, 2.75) is 25.0 Å². The number of aromatic nitrogens is 2. The van der Waals surface area contributed by atoms with Crippen LogP contribution in [-0.4, -0.2) is 45.2 Å². The molecule has 3 aromatic rings. The highest BCUT2D eigenvalue weighted by atomic mass is 35.5. The SMILES string of the molecule is C=CC(=O)Nc1csc(C(=O)Nc2nc3cccc(Cl)c3n2CC2(O)CCNCC2)c1. The van der Waals surface area contributed by atoms with E-state index in [1.54, 1.807) is 28.1 Å². The van der Waals surface area contributed by atoms with Gasteiger partial charge in [-0.25, -0.2) is 4.98 Å². The third kappa shape index (κ3) is 4.64. The number of fused-ring (bicyclic) bond motifs is 1. The molecule has 2 amide bonds. The summed E-state index contributed by atoms with van der Waals surface area (Å²) in [5.41, 5.74) is 0.880. The second-order valence-electron chi connectivity index (χ2n) is 7.45. The first-order valence-corrected chi connectivity index (χ1v) is 11.1. The third-order valence-electron chi connectivity index (χ3n) is 5.21. The fourth-order valence-corrected chi connectivity index (χ4v) is 4.62. The van der Waals surface area contributed by atoms with Crippen LogP contribution >= 0.6 is 22.9 Å². The smallest absolute Gasteiger partial charge is 0.268 e. The lowest BCUT2D eigenvalue weighted by Gasteiger charge is -2.33. The number of piperidine rings is 1. The van der Waals surface area contributed by atoms with Gasteiger partial charge in [-0.3, -0.25) is 14.9 Å². The number of imidazole rings is 1. The normalized spacial score (nSPS) is 15.5. The van der Waals surface area contributed by atoms with Crippen LogP contribution in [0.15, 0.2) is 42.3 Å². The van der Waals surface area contributed by atoms with Gasteiger partial charge < -0.3 is 20.3 Å². The van der Waals surface area contributed by atoms with Gasteiger partial charge >= 0.3 is 0 Å². The van der Waals surface area contributed by atoms with Crippen LogP contribution in [0.2, 0.25) is 5.02 Å². The van der Waals surface area contributed by atoms with Gasteiger partial charge in [0.2, 0.25) is 11.9 Å². The molecular weight excluding hydrogens is 438 g/mol. The Morgan fingerprint density at radius 2 is 2.13 bits per heavy atom. The fourth-order valence-electron chi connectivity index (χ4n) is 3.61. The van der Waals surface area contributed by atoms with E-state index in [9.17, 15) is 14.7 Å². The van der Waals surface area contributed by atoms with E-state index in [0.717, 1.165) is 6.08 Å². The summed E-state index contributed by atoms with van der Waals surface area (Å²) >= 11 is 7.64. The zero-order valence-corrected chi connectivity index (χ0v) is 18.2. The van der Waals surface area contributed by atoms with E-state index in [4.69, 9.17) is 11.6 Å². The van der Waals surface area contributed by atoms with Crippen molar-refractivity contribution >= 4 is 57.4 Å². The number of nitrogens with one attached hydrogen (secondary N) is 3. The highest BCUT2D eigenvalue weighted by Crippen LogP contribution is 2.31. The van der Waals surface area contributed by atoms with Gasteiger partial charge in [-0.1, -0.05) is 24.2 Å². The van der Waals surface area contributed by atoms with Crippen LogP contribution in [0, 0.1) is 0 Å². The second kappa shape index (κ2) is 8.80. The molecule has 162 valence electrons. The predicted molar refractivity (Wildman–Crippen MR) is 123 cm³/mol. The Morgan fingerprint density at radius 3 is 2.87 bits per heavy atom. The number of hydrogen-bond donors (Lipinski definition) is 4. The van der Waals surface area contributed by atoms with Gasteiger partial charge in [0.25, 0.3) is 5.91 Å². The molecule has 10 heteroatoms. The zero-order chi connectivity index (χ0) is 22.0. The average molecular weight is 460 g/mol. The third-order valence-corrected chi connectivity index (χ3v) is 6.44. The summed E-state index contributed by atoms with van der Waals surface area (Å²) in [6, 6.07) is 6.95. The van der Waals surface area contributed by atoms with E-state index in [1.165, 1.54) is 11.3 Å². The minimum Gasteiger partial charge on any atom is -0.388 e. The molecule has 0 radical (unpaired) electrons. The van der Waals surface area contributed by atoms with Crippen molar-refractivity contribution in [2.75, 3.05) is 23.7 Å². The molecule has 1 aliphatic heterocycles. The molecule has 4 N–H and O–H groups in total. The molecule has 4 rings (SSSR count). The van der Waals surface area contributed by atoms with Gasteiger partial charge in [-0.05, 0) is 50.2 Å². The summed E-state index contributed by atoms with van der Waals surface area (Å²) in [4.78, 5) is 29.3. The Bertz CT molecular complexity index is 1150. The van der Waals surface area contributed by atoms with Crippen molar-refractivity contribution in [2.24, 2.45) is 0 Å². The van der Waals surface area contributed by atoms with Crippen LogP contribution in [0.3, 0.4) is 0 Å². The lowest BCUT2D eigenvalue weighted by Crippen LogP contribution is -2.45. The average Bonchev–Trinajstić information content (AvgIpc) is 3.34. The minimum absolute atomic E-state index is 0.260. The zero-order valence-electron chi connectivity index (χ0n) is 16.7. The Kier molecular flexibility index (Phi) is 6.10. The Labute approximate surface area is 187 Å². The number of rotatable bonds is 6. The molecule has 3 heterocycles. The van der Waals surface area contributed by atoms with E-state index in [1.807, 2.05) is 6.07 Å². The standard InChI is InChI=1S/C21H22ClN5O3S/c1-2-17(28)24-13-10-16(31-11-13)19(29)26-20-25-15-5-3-4-14(22)18(15)27(20)12-21(30)6-8-23-9-7-21/h2-5,10-11,23,30H,1,6-9,12H2,(H,24,28)(H,25,26,29). The molecular formula is C21H22ClN5O3S. The number of para-hydroxylation sites is 1. The summed E-state index contributed by atoms with van der Waals surface area (Å²) in [5.74, 6) is -0.407. The van der Waals surface area contributed by atoms with Crippen molar-refractivity contribution in [1.29, 1.82) is 0 Å². The molecule has 1 saturated heterocycles. The predicted octanol–water partition coefficient (Wildman–Crippen LogP) is 3.24. The van der Waals surface area contributed by atoms with Crippen LogP contribution in [0.25, 0.3) is 11.0 Å². The molecule has 0 spiro atoms. The highest BCUT2D eigenvalue weighted by molar-refractivity contribution is 7.12. The molecule has 0 bridgehead atoms. The Hall–Kier alpha value is -2.72. The molecule has 0 aliphatic carbocycles. The van der Waals surface area contributed by atoms with Gasteiger partial charge in [-0.15, -0.1) is 11.3 Å². The lowest BCUT2D eigenvalue weighted by atomic mass is 9.92. The van der Waals surface area contributed by atoms with Crippen LogP contribution in [-0.2, 0) is 11.3 Å². The Morgan fingerprint density at radius 1 is 1.35 bits per heavy atom. The topological polar surface area (TPSA) is 108 Å². The maximum Gasteiger partial charge on any atom is 0.268 e. The molecule has 8 nitrogen and oxygen atoms in total. The number of thiophene rings is 1. The second-order valence-corrected chi connectivity index (χ2v) is 8.77. The van der Waals surface area contributed by atoms with E-state index in [2.05, 4.69) is 27.5 Å². The van der Waals surface area contributed by atoms with E-state index in [-0.39, 0.29) is 18.4 Å². The molecule has 1 aliphatic rings. The summed E-state index contributed by atoms with van der Waals surface area (Å²) in [7, 11) is 0. The number of halogens is 1. The molecule has 2 aromatic heterocycles. The van der Waals surface area contributed by atoms with Gasteiger partial charge in [-0.2, -0.15) is 0 Å². The maximum atomic E-state index is 12.9. The number of amides is 2. The lowest BCUT2D eigenvalue weighted by molar-refractivity contribution is -0.111. The molecule has 31 heavy (non-hydrogen) atoms. The fraction of sp³-hybridized carbons (Fsp3) is 0.286. The summed E-state index contributed by atoms with van der Waals surface area (Å²) < 4.78 is 1.77. The molecule has 1 aromatic carbocycles. The summed E-state index contributed by atoms with van der Waals surface area (Å²) in [5, 5.41) is 22.0. The van der Waals surface area contributed by atoms with Gasteiger partial charge in [0.15, 0.2) is 0 Å². The molecule has 0 unspecified atom stereocenters. The number of benzene rings is 1. The highest BCUT2D eigenvalue weighted by Gasteiger charge is 2.32. The number of nitrogens with zero attached hydrogens (tertiary/aromatic N) is 2. The number of carbonyl (C=O) groups is 2. The van der Waals surface area contributed by atoms with Crippen molar-refractivity contribution in [3.63, 3.8) is 0 Å². The molecule has 1 fully saturated rings. The van der Waals surface area contributed by atoms with Crippen molar-refractivity contribution in [1.82, 2.24) is 14.9 Å². The first-order chi connectivity index (χ1) is 14.9. The van der Waals surface area contributed by atoms with Gasteiger partial charge in [0, 0.05) is 5.38 Å². The van der Waals surface area contributed by atoms with E-state index >= 15 is 0 Å². The van der Waals surface area contributed by atoms with Crippen molar-refractivity contribution < 1.29 is 14.7 Å². The quantitative estimate of drug-likeness (QED) is 0.423. The Balaban J connectivity index is 1.64. The monoisotopic (exact) mass is 459 g/mol. The van der Waals surface area contributed by atoms with Gasteiger partial charge in [0.05, 0.1) is 38.8 Å². The van der Waals surface area contributed by atoms with E-state index in [0.29, 0.717) is 58.5 Å². The summed E-state index contributed by atoms with van der Waals surface area (Å²) in [6.07, 6.45) is 2.33. The maximum absolute atomic E-state index is 12.9. The number of aliphatic hydroxyl groups is 1. The van der Waals surface area contributed by atoms with Crippen LogP contribution in [0.1, 0.15) is 22.5 Å². The van der Waals surface area contributed by atoms with Crippen LogP contribution in [0.5, 0.6) is 0 Å². The summed E-state index contributed by atoms with van der Waals surface area (Å²) in [6.45, 7) is 5.10.